The molecule has 0 amide bonds. The van der Waals surface area contributed by atoms with Gasteiger partial charge in [-0.1, -0.05) is 60.7 Å². The zero-order valence-electron chi connectivity index (χ0n) is 16.1. The second kappa shape index (κ2) is 6.33. The predicted molar refractivity (Wildman–Crippen MR) is 129 cm³/mol. The molecule has 1 N–H and O–H groups in total. The van der Waals surface area contributed by atoms with E-state index in [9.17, 15) is 0 Å². The van der Waals surface area contributed by atoms with Gasteiger partial charge in [0.2, 0.25) is 0 Å². The van der Waals surface area contributed by atoms with Crippen LogP contribution >= 0.6 is 11.3 Å². The van der Waals surface area contributed by atoms with Crippen LogP contribution in [0.15, 0.2) is 91.0 Å². The molecule has 0 fully saturated rings. The van der Waals surface area contributed by atoms with Crippen LogP contribution in [0.4, 0.5) is 5.69 Å². The Morgan fingerprint density at radius 2 is 1.41 bits per heavy atom. The van der Waals surface area contributed by atoms with Gasteiger partial charge in [-0.2, -0.15) is 0 Å². The third-order valence-corrected chi connectivity index (χ3v) is 6.96. The van der Waals surface area contributed by atoms with E-state index in [2.05, 4.69) is 96.3 Å². The first-order chi connectivity index (χ1) is 14.3. The fourth-order valence-electron chi connectivity index (χ4n) is 4.41. The first-order valence-corrected chi connectivity index (χ1v) is 10.7. The van der Waals surface area contributed by atoms with E-state index in [-0.39, 0.29) is 0 Å². The summed E-state index contributed by atoms with van der Waals surface area (Å²) in [6, 6.07) is 33.2. The van der Waals surface area contributed by atoms with Crippen molar-refractivity contribution in [2.45, 2.75) is 0 Å². The lowest BCUT2D eigenvalue weighted by molar-refractivity contribution is 1.52. The molecule has 0 unspecified atom stereocenters. The molecule has 0 bridgehead atoms. The Balaban J connectivity index is 1.62. The van der Waals surface area contributed by atoms with Crippen molar-refractivity contribution in [3.05, 3.63) is 91.0 Å². The molecule has 0 atom stereocenters. The molecule has 0 saturated heterocycles. The first kappa shape index (κ1) is 16.6. The molecule has 0 aliphatic carbocycles. The Kier molecular flexibility index (Phi) is 3.62. The minimum absolute atomic E-state index is 1.16. The maximum Gasteiger partial charge on any atom is 0.0423 e. The monoisotopic (exact) mass is 389 g/mol. The van der Waals surface area contributed by atoms with Crippen LogP contribution < -0.4 is 5.32 Å². The number of nitrogens with one attached hydrogen (secondary N) is 1. The Morgan fingerprint density at radius 1 is 0.621 bits per heavy atom. The molecule has 138 valence electrons. The highest BCUT2D eigenvalue weighted by Crippen LogP contribution is 2.40. The molecule has 6 aromatic rings. The molecule has 0 spiro atoms. The van der Waals surface area contributed by atoms with Gasteiger partial charge >= 0.3 is 0 Å². The smallest absolute Gasteiger partial charge is 0.0423 e. The van der Waals surface area contributed by atoms with Gasteiger partial charge in [0.05, 0.1) is 0 Å². The molecule has 0 aliphatic heterocycles. The minimum Gasteiger partial charge on any atom is -0.388 e. The van der Waals surface area contributed by atoms with Gasteiger partial charge in [0.15, 0.2) is 0 Å². The second-order valence-corrected chi connectivity index (χ2v) is 8.55. The molecule has 1 aromatic heterocycles. The fourth-order valence-corrected chi connectivity index (χ4v) is 5.53. The van der Waals surface area contributed by atoms with Crippen LogP contribution in [0.5, 0.6) is 0 Å². The van der Waals surface area contributed by atoms with Gasteiger partial charge in [-0.05, 0) is 57.4 Å². The number of hydrogen-bond donors (Lipinski definition) is 1. The van der Waals surface area contributed by atoms with Crippen molar-refractivity contribution < 1.29 is 0 Å². The van der Waals surface area contributed by atoms with Crippen molar-refractivity contribution in [3.8, 4) is 11.1 Å². The van der Waals surface area contributed by atoms with Crippen LogP contribution in [0.3, 0.4) is 0 Å². The summed E-state index contributed by atoms with van der Waals surface area (Å²) in [6.45, 7) is 0. The van der Waals surface area contributed by atoms with Gasteiger partial charge in [-0.3, -0.25) is 0 Å². The van der Waals surface area contributed by atoms with Gasteiger partial charge in [0.1, 0.15) is 0 Å². The van der Waals surface area contributed by atoms with E-state index in [1.54, 1.807) is 0 Å². The van der Waals surface area contributed by atoms with E-state index < -0.39 is 0 Å². The average Bonchev–Trinajstić information content (AvgIpc) is 3.17. The number of fused-ring (bicyclic) bond motifs is 6. The number of rotatable bonds is 2. The van der Waals surface area contributed by atoms with E-state index in [1.165, 1.54) is 52.8 Å². The van der Waals surface area contributed by atoms with E-state index in [0.717, 1.165) is 5.69 Å². The summed E-state index contributed by atoms with van der Waals surface area (Å²) in [5.41, 5.74) is 3.64. The highest BCUT2D eigenvalue weighted by Gasteiger charge is 2.11. The summed E-state index contributed by atoms with van der Waals surface area (Å²) in [4.78, 5) is 0. The lowest BCUT2D eigenvalue weighted by Crippen LogP contribution is -1.92. The Bertz CT molecular complexity index is 1540. The molecule has 0 saturated carbocycles. The van der Waals surface area contributed by atoms with Crippen LogP contribution in [0, 0.1) is 0 Å². The summed E-state index contributed by atoms with van der Waals surface area (Å²) in [5.74, 6) is 0. The zero-order chi connectivity index (χ0) is 19.4. The molecule has 29 heavy (non-hydrogen) atoms. The van der Waals surface area contributed by atoms with Crippen molar-refractivity contribution >= 4 is 58.7 Å². The normalized spacial score (nSPS) is 11.6. The highest BCUT2D eigenvalue weighted by molar-refractivity contribution is 7.26. The standard InChI is InChI=1S/C27H19NS/c1-28-24-16-18-7-3-2-6-17(18)15-23(24)20-10-12-21-19(14-20)11-13-26-27(21)22-8-4-5-9-25(22)29-26/h2-16,28H,1H3. The molecule has 6 rings (SSSR count). The fraction of sp³-hybridized carbons (Fsp3) is 0.0370. The molecule has 1 heterocycles. The second-order valence-electron chi connectivity index (χ2n) is 7.47. The molecular formula is C27H19NS. The number of thiophene rings is 1. The van der Waals surface area contributed by atoms with Crippen LogP contribution in [-0.2, 0) is 0 Å². The Hall–Kier alpha value is -3.36. The third-order valence-electron chi connectivity index (χ3n) is 5.82. The molecule has 2 heteroatoms. The van der Waals surface area contributed by atoms with Gasteiger partial charge in [0, 0.05) is 38.5 Å². The first-order valence-electron chi connectivity index (χ1n) is 9.87. The summed E-state index contributed by atoms with van der Waals surface area (Å²) in [7, 11) is 2.00. The summed E-state index contributed by atoms with van der Waals surface area (Å²) >= 11 is 1.87. The quantitative estimate of drug-likeness (QED) is 0.316. The van der Waals surface area contributed by atoms with E-state index in [1.807, 2.05) is 18.4 Å². The minimum atomic E-state index is 1.16. The van der Waals surface area contributed by atoms with Crippen LogP contribution in [0.25, 0.3) is 52.8 Å². The maximum atomic E-state index is 3.39. The Morgan fingerprint density at radius 3 is 2.28 bits per heavy atom. The van der Waals surface area contributed by atoms with Crippen molar-refractivity contribution in [3.63, 3.8) is 0 Å². The summed E-state index contributed by atoms with van der Waals surface area (Å²) in [5, 5.41) is 11.3. The van der Waals surface area contributed by atoms with Crippen molar-refractivity contribution in [2.75, 3.05) is 12.4 Å². The largest absolute Gasteiger partial charge is 0.388 e. The number of hydrogen-bond acceptors (Lipinski definition) is 2. The average molecular weight is 390 g/mol. The third kappa shape index (κ3) is 2.53. The van der Waals surface area contributed by atoms with Gasteiger partial charge in [0.25, 0.3) is 0 Å². The van der Waals surface area contributed by atoms with Crippen molar-refractivity contribution in [1.82, 2.24) is 0 Å². The van der Waals surface area contributed by atoms with Crippen LogP contribution in [-0.4, -0.2) is 7.05 Å². The van der Waals surface area contributed by atoms with Crippen LogP contribution in [0.2, 0.25) is 0 Å². The summed E-state index contributed by atoms with van der Waals surface area (Å²) < 4.78 is 2.71. The number of anilines is 1. The number of benzene rings is 5. The van der Waals surface area contributed by atoms with Gasteiger partial charge in [-0.25, -0.2) is 0 Å². The van der Waals surface area contributed by atoms with Crippen LogP contribution in [0.1, 0.15) is 0 Å². The maximum absolute atomic E-state index is 3.39. The topological polar surface area (TPSA) is 12.0 Å². The SMILES string of the molecule is CNc1cc2ccccc2cc1-c1ccc2c(ccc3sc4ccccc4c32)c1. The van der Waals surface area contributed by atoms with E-state index in [0.29, 0.717) is 0 Å². The van der Waals surface area contributed by atoms with Gasteiger partial charge < -0.3 is 5.32 Å². The molecular weight excluding hydrogens is 370 g/mol. The van der Waals surface area contributed by atoms with E-state index >= 15 is 0 Å². The van der Waals surface area contributed by atoms with Gasteiger partial charge in [-0.15, -0.1) is 11.3 Å². The molecule has 0 aliphatic rings. The molecule has 5 aromatic carbocycles. The lowest BCUT2D eigenvalue weighted by atomic mass is 9.95. The lowest BCUT2D eigenvalue weighted by Gasteiger charge is -2.13. The van der Waals surface area contributed by atoms with E-state index in [4.69, 9.17) is 0 Å². The molecule has 1 nitrogen and oxygen atoms in total. The summed E-state index contributed by atoms with van der Waals surface area (Å²) in [6.07, 6.45) is 0. The zero-order valence-corrected chi connectivity index (χ0v) is 16.9. The highest BCUT2D eigenvalue weighted by atomic mass is 32.1. The predicted octanol–water partition coefficient (Wildman–Crippen LogP) is 8.07. The van der Waals surface area contributed by atoms with Crippen molar-refractivity contribution in [1.29, 1.82) is 0 Å². The van der Waals surface area contributed by atoms with Crippen molar-refractivity contribution in [2.24, 2.45) is 0 Å². The Labute approximate surface area is 173 Å². The molecule has 0 radical (unpaired) electrons.